The number of piperazine rings is 1. The van der Waals surface area contributed by atoms with Crippen LogP contribution in [0.15, 0.2) is 30.3 Å². The second-order valence-corrected chi connectivity index (χ2v) is 8.22. The molecule has 3 aliphatic rings. The van der Waals surface area contributed by atoms with Gasteiger partial charge in [0.2, 0.25) is 11.8 Å². The predicted octanol–water partition coefficient (Wildman–Crippen LogP) is 2.58. The van der Waals surface area contributed by atoms with Gasteiger partial charge in [-0.15, -0.1) is 0 Å². The van der Waals surface area contributed by atoms with E-state index in [0.717, 1.165) is 50.1 Å². The summed E-state index contributed by atoms with van der Waals surface area (Å²) < 4.78 is 0. The number of carbonyl (C=O) groups excluding carboxylic acids is 3. The molecule has 0 spiro atoms. The summed E-state index contributed by atoms with van der Waals surface area (Å²) in [6.07, 6.45) is 8.31. The highest BCUT2D eigenvalue weighted by atomic mass is 16.2. The lowest BCUT2D eigenvalue weighted by atomic mass is 10.1. The Morgan fingerprint density at radius 3 is 2.00 bits per heavy atom. The molecule has 0 radical (unpaired) electrons. The third-order valence-corrected chi connectivity index (χ3v) is 6.18. The van der Waals surface area contributed by atoms with Crippen molar-refractivity contribution in [1.29, 1.82) is 0 Å². The molecule has 0 aliphatic carbocycles. The van der Waals surface area contributed by atoms with Crippen molar-refractivity contribution in [3.8, 4) is 0 Å². The summed E-state index contributed by atoms with van der Waals surface area (Å²) in [5.41, 5.74) is 1.84. The van der Waals surface area contributed by atoms with Crippen LogP contribution in [0.5, 0.6) is 0 Å². The molecule has 3 heterocycles. The van der Waals surface area contributed by atoms with Crippen molar-refractivity contribution >= 4 is 29.6 Å². The summed E-state index contributed by atoms with van der Waals surface area (Å²) >= 11 is 0. The van der Waals surface area contributed by atoms with Gasteiger partial charge in [-0.25, -0.2) is 4.79 Å². The van der Waals surface area contributed by atoms with E-state index < -0.39 is 0 Å². The first-order valence-corrected chi connectivity index (χ1v) is 11.0. The molecular formula is C23H30N4O3. The maximum atomic E-state index is 12.6. The third-order valence-electron chi connectivity index (χ3n) is 6.18. The molecule has 0 atom stereocenters. The first kappa shape index (κ1) is 20.4. The van der Waals surface area contributed by atoms with Crippen molar-refractivity contribution in [1.82, 2.24) is 14.7 Å². The highest BCUT2D eigenvalue weighted by Gasteiger charge is 2.27. The van der Waals surface area contributed by atoms with Crippen LogP contribution in [-0.2, 0) is 9.59 Å². The number of rotatable bonds is 3. The minimum Gasteiger partial charge on any atom is -0.336 e. The van der Waals surface area contributed by atoms with Crippen LogP contribution < -0.4 is 4.90 Å². The van der Waals surface area contributed by atoms with Crippen molar-refractivity contribution in [3.05, 3.63) is 35.9 Å². The molecule has 1 aromatic rings. The van der Waals surface area contributed by atoms with E-state index in [1.165, 1.54) is 6.42 Å². The van der Waals surface area contributed by atoms with E-state index in [1.54, 1.807) is 11.0 Å². The van der Waals surface area contributed by atoms with E-state index in [2.05, 4.69) is 0 Å². The SMILES string of the molecule is O=C(C=Cc1ccc(N2CCCC2=O)cc1)N1CCN(C(=O)N2CCCCC2)CC1. The van der Waals surface area contributed by atoms with Crippen LogP contribution in [0.3, 0.4) is 0 Å². The van der Waals surface area contributed by atoms with Gasteiger partial charge in [0, 0.05) is 64.0 Å². The molecule has 30 heavy (non-hydrogen) atoms. The van der Waals surface area contributed by atoms with Crippen LogP contribution in [0.4, 0.5) is 10.5 Å². The van der Waals surface area contributed by atoms with Gasteiger partial charge in [-0.1, -0.05) is 12.1 Å². The first-order chi connectivity index (χ1) is 14.6. The number of nitrogens with zero attached hydrogens (tertiary/aromatic N) is 4. The Morgan fingerprint density at radius 2 is 1.37 bits per heavy atom. The number of amides is 4. The fourth-order valence-electron chi connectivity index (χ4n) is 4.36. The fraction of sp³-hybridized carbons (Fsp3) is 0.522. The highest BCUT2D eigenvalue weighted by Crippen LogP contribution is 2.22. The van der Waals surface area contributed by atoms with Gasteiger partial charge in [-0.3, -0.25) is 9.59 Å². The van der Waals surface area contributed by atoms with Gasteiger partial charge in [-0.05, 0) is 49.5 Å². The molecule has 3 saturated heterocycles. The maximum absolute atomic E-state index is 12.6. The molecule has 3 aliphatic heterocycles. The highest BCUT2D eigenvalue weighted by molar-refractivity contribution is 5.95. The number of benzene rings is 1. The van der Waals surface area contributed by atoms with Gasteiger partial charge in [0.25, 0.3) is 0 Å². The normalized spacial score (nSPS) is 20.3. The van der Waals surface area contributed by atoms with Crippen LogP contribution in [0.25, 0.3) is 6.08 Å². The summed E-state index contributed by atoms with van der Waals surface area (Å²) in [7, 11) is 0. The molecule has 0 bridgehead atoms. The second-order valence-electron chi connectivity index (χ2n) is 8.22. The Kier molecular flexibility index (Phi) is 6.35. The zero-order valence-corrected chi connectivity index (χ0v) is 17.5. The van der Waals surface area contributed by atoms with Crippen molar-refractivity contribution < 1.29 is 14.4 Å². The number of carbonyl (C=O) groups is 3. The Bertz CT molecular complexity index is 806. The smallest absolute Gasteiger partial charge is 0.320 e. The Hall–Kier alpha value is -2.83. The lowest BCUT2D eigenvalue weighted by Gasteiger charge is -2.38. The third kappa shape index (κ3) is 4.66. The van der Waals surface area contributed by atoms with E-state index >= 15 is 0 Å². The van der Waals surface area contributed by atoms with E-state index in [9.17, 15) is 14.4 Å². The zero-order valence-electron chi connectivity index (χ0n) is 17.5. The molecule has 4 amide bonds. The molecular weight excluding hydrogens is 380 g/mol. The minimum atomic E-state index is -0.0288. The lowest BCUT2D eigenvalue weighted by molar-refractivity contribution is -0.127. The summed E-state index contributed by atoms with van der Waals surface area (Å²) in [6.45, 7) is 4.80. The van der Waals surface area contributed by atoms with Gasteiger partial charge < -0.3 is 19.6 Å². The second kappa shape index (κ2) is 9.32. The number of urea groups is 1. The van der Waals surface area contributed by atoms with E-state index in [1.807, 2.05) is 45.0 Å². The number of piperidine rings is 1. The van der Waals surface area contributed by atoms with Gasteiger partial charge >= 0.3 is 6.03 Å². The Morgan fingerprint density at radius 1 is 0.733 bits per heavy atom. The van der Waals surface area contributed by atoms with Gasteiger partial charge in [0.15, 0.2) is 0 Å². The van der Waals surface area contributed by atoms with E-state index in [-0.39, 0.29) is 17.8 Å². The van der Waals surface area contributed by atoms with Crippen LogP contribution in [-0.4, -0.2) is 78.4 Å². The molecule has 4 rings (SSSR count). The topological polar surface area (TPSA) is 64.2 Å². The van der Waals surface area contributed by atoms with Crippen LogP contribution >= 0.6 is 0 Å². The van der Waals surface area contributed by atoms with Crippen molar-refractivity contribution in [2.45, 2.75) is 32.1 Å². The average Bonchev–Trinajstić information content (AvgIpc) is 3.24. The quantitative estimate of drug-likeness (QED) is 0.720. The molecule has 3 fully saturated rings. The zero-order chi connectivity index (χ0) is 20.9. The van der Waals surface area contributed by atoms with Crippen LogP contribution in [0.2, 0.25) is 0 Å². The molecule has 7 nitrogen and oxygen atoms in total. The van der Waals surface area contributed by atoms with Crippen LogP contribution in [0, 0.1) is 0 Å². The fourth-order valence-corrected chi connectivity index (χ4v) is 4.36. The van der Waals surface area contributed by atoms with Gasteiger partial charge in [-0.2, -0.15) is 0 Å². The van der Waals surface area contributed by atoms with Crippen molar-refractivity contribution in [2.24, 2.45) is 0 Å². The van der Waals surface area contributed by atoms with Crippen molar-refractivity contribution in [2.75, 3.05) is 50.7 Å². The number of hydrogen-bond donors (Lipinski definition) is 0. The largest absolute Gasteiger partial charge is 0.336 e. The summed E-state index contributed by atoms with van der Waals surface area (Å²) in [5.74, 6) is 0.144. The van der Waals surface area contributed by atoms with E-state index in [0.29, 0.717) is 32.6 Å². The number of likely N-dealkylation sites (tertiary alicyclic amines) is 1. The Labute approximate surface area is 177 Å². The van der Waals surface area contributed by atoms with E-state index in [4.69, 9.17) is 0 Å². The molecule has 7 heteroatoms. The molecule has 1 aromatic carbocycles. The molecule has 0 N–H and O–H groups in total. The summed E-state index contributed by atoms with van der Waals surface area (Å²) in [4.78, 5) is 44.4. The summed E-state index contributed by atoms with van der Waals surface area (Å²) in [5, 5.41) is 0. The number of anilines is 1. The molecule has 0 aromatic heterocycles. The minimum absolute atomic E-state index is 0.0288. The van der Waals surface area contributed by atoms with Gasteiger partial charge in [0.05, 0.1) is 0 Å². The Balaban J connectivity index is 1.26. The maximum Gasteiger partial charge on any atom is 0.320 e. The van der Waals surface area contributed by atoms with Crippen LogP contribution in [0.1, 0.15) is 37.7 Å². The standard InChI is InChI=1S/C23H30N4O3/c28-21(11-8-19-6-9-20(10-7-19)27-14-4-5-22(27)29)24-15-17-26(18-16-24)23(30)25-12-2-1-3-13-25/h6-11H,1-5,12-18H2. The number of hydrogen-bond acceptors (Lipinski definition) is 3. The lowest BCUT2D eigenvalue weighted by Crippen LogP contribution is -2.54. The predicted molar refractivity (Wildman–Crippen MR) is 116 cm³/mol. The van der Waals surface area contributed by atoms with Gasteiger partial charge in [0.1, 0.15) is 0 Å². The monoisotopic (exact) mass is 410 g/mol. The molecule has 0 unspecified atom stereocenters. The molecule has 0 saturated carbocycles. The van der Waals surface area contributed by atoms with Crippen molar-refractivity contribution in [3.63, 3.8) is 0 Å². The molecule has 160 valence electrons. The average molecular weight is 411 g/mol. The summed E-state index contributed by atoms with van der Waals surface area (Å²) in [6, 6.07) is 7.84. The first-order valence-electron chi connectivity index (χ1n) is 11.0.